The number of esters is 1. The lowest BCUT2D eigenvalue weighted by Gasteiger charge is -1.97. The summed E-state index contributed by atoms with van der Waals surface area (Å²) in [6, 6.07) is 5.16. The smallest absolute Gasteiger partial charge is 0.337 e. The topological polar surface area (TPSA) is 55.0 Å². The van der Waals surface area contributed by atoms with Crippen LogP contribution in [0.15, 0.2) is 24.8 Å². The molecule has 0 aliphatic carbocycles. The molecule has 1 aromatic carbocycles. The second-order valence-corrected chi connectivity index (χ2v) is 3.05. The highest BCUT2D eigenvalue weighted by atomic mass is 16.5. The second-order valence-electron chi connectivity index (χ2n) is 3.05. The van der Waals surface area contributed by atoms with Crippen LogP contribution >= 0.6 is 0 Å². The minimum Gasteiger partial charge on any atom is -0.465 e. The first kappa shape index (κ1) is 9.45. The standard InChI is InChI=1S/C11H10N2O2/c1-3-10-12-8-5-4-7(11(14)15-2)6-9(8)13-10/h3-6H,1H2,2H3,(H,12,13). The van der Waals surface area contributed by atoms with Crippen LogP contribution in [0.3, 0.4) is 0 Å². The maximum atomic E-state index is 11.3. The molecule has 0 atom stereocenters. The van der Waals surface area contributed by atoms with E-state index >= 15 is 0 Å². The molecule has 0 saturated heterocycles. The van der Waals surface area contributed by atoms with Gasteiger partial charge in [-0.3, -0.25) is 0 Å². The van der Waals surface area contributed by atoms with Crippen LogP contribution in [-0.4, -0.2) is 23.0 Å². The number of carbonyl (C=O) groups excluding carboxylic acids is 1. The van der Waals surface area contributed by atoms with E-state index in [1.54, 1.807) is 24.3 Å². The van der Waals surface area contributed by atoms with Gasteiger partial charge in [0, 0.05) is 0 Å². The molecule has 2 rings (SSSR count). The minimum absolute atomic E-state index is 0.355. The number of rotatable bonds is 2. The summed E-state index contributed by atoms with van der Waals surface area (Å²) in [5, 5.41) is 0. The van der Waals surface area contributed by atoms with Gasteiger partial charge in [0.15, 0.2) is 0 Å². The Morgan fingerprint density at radius 2 is 2.40 bits per heavy atom. The Morgan fingerprint density at radius 3 is 3.07 bits per heavy atom. The van der Waals surface area contributed by atoms with Gasteiger partial charge in [-0.25, -0.2) is 9.78 Å². The summed E-state index contributed by atoms with van der Waals surface area (Å²) in [6.07, 6.45) is 1.62. The molecule has 0 unspecified atom stereocenters. The van der Waals surface area contributed by atoms with Gasteiger partial charge in [-0.2, -0.15) is 0 Å². The third-order valence-corrected chi connectivity index (χ3v) is 2.11. The van der Waals surface area contributed by atoms with Crippen LogP contribution in [0.4, 0.5) is 0 Å². The highest BCUT2D eigenvalue weighted by Crippen LogP contribution is 2.14. The van der Waals surface area contributed by atoms with Gasteiger partial charge in [0.2, 0.25) is 0 Å². The maximum Gasteiger partial charge on any atom is 0.337 e. The molecule has 76 valence electrons. The zero-order chi connectivity index (χ0) is 10.8. The number of aromatic amines is 1. The maximum absolute atomic E-state index is 11.3. The summed E-state index contributed by atoms with van der Waals surface area (Å²) in [4.78, 5) is 18.5. The number of H-pyrrole nitrogens is 1. The van der Waals surface area contributed by atoms with Crippen molar-refractivity contribution in [2.75, 3.05) is 7.11 Å². The molecule has 4 heteroatoms. The Bertz CT molecular complexity index is 528. The fourth-order valence-electron chi connectivity index (χ4n) is 1.37. The predicted molar refractivity (Wildman–Crippen MR) is 57.5 cm³/mol. The van der Waals surface area contributed by atoms with E-state index in [2.05, 4.69) is 21.3 Å². The molecular formula is C11H10N2O2. The van der Waals surface area contributed by atoms with E-state index < -0.39 is 0 Å². The van der Waals surface area contributed by atoms with Crippen LogP contribution in [-0.2, 0) is 4.74 Å². The molecule has 0 radical (unpaired) electrons. The molecule has 0 aliphatic rings. The number of nitrogens with zero attached hydrogens (tertiary/aromatic N) is 1. The van der Waals surface area contributed by atoms with Crippen LogP contribution in [0.25, 0.3) is 17.1 Å². The van der Waals surface area contributed by atoms with Crippen molar-refractivity contribution in [2.24, 2.45) is 0 Å². The Kier molecular flexibility index (Phi) is 2.25. The first-order valence-corrected chi connectivity index (χ1v) is 4.45. The van der Waals surface area contributed by atoms with E-state index in [4.69, 9.17) is 0 Å². The normalized spacial score (nSPS) is 10.2. The first-order chi connectivity index (χ1) is 7.24. The number of aromatic nitrogens is 2. The van der Waals surface area contributed by atoms with Crippen LogP contribution < -0.4 is 0 Å². The lowest BCUT2D eigenvalue weighted by atomic mass is 10.2. The number of fused-ring (bicyclic) bond motifs is 1. The zero-order valence-corrected chi connectivity index (χ0v) is 8.28. The molecule has 0 saturated carbocycles. The zero-order valence-electron chi connectivity index (χ0n) is 8.28. The van der Waals surface area contributed by atoms with Crippen LogP contribution in [0, 0.1) is 0 Å². The third kappa shape index (κ3) is 1.61. The number of hydrogen-bond acceptors (Lipinski definition) is 3. The van der Waals surface area contributed by atoms with Crippen LogP contribution in [0.1, 0.15) is 16.2 Å². The van der Waals surface area contributed by atoms with E-state index in [1.165, 1.54) is 7.11 Å². The second kappa shape index (κ2) is 3.57. The molecule has 4 nitrogen and oxygen atoms in total. The monoisotopic (exact) mass is 202 g/mol. The summed E-state index contributed by atoms with van der Waals surface area (Å²) < 4.78 is 4.62. The Labute approximate surface area is 86.6 Å². The van der Waals surface area contributed by atoms with Crippen molar-refractivity contribution in [3.8, 4) is 0 Å². The largest absolute Gasteiger partial charge is 0.465 e. The van der Waals surface area contributed by atoms with E-state index in [0.717, 1.165) is 11.0 Å². The van der Waals surface area contributed by atoms with Gasteiger partial charge >= 0.3 is 5.97 Å². The molecule has 0 aliphatic heterocycles. The van der Waals surface area contributed by atoms with E-state index in [-0.39, 0.29) is 5.97 Å². The number of carbonyl (C=O) groups is 1. The minimum atomic E-state index is -0.355. The molecular weight excluding hydrogens is 192 g/mol. The van der Waals surface area contributed by atoms with Gasteiger partial charge in [0.25, 0.3) is 0 Å². The van der Waals surface area contributed by atoms with Gasteiger partial charge in [0.05, 0.1) is 23.7 Å². The van der Waals surface area contributed by atoms with E-state index in [1.807, 2.05) is 0 Å². The van der Waals surface area contributed by atoms with E-state index in [9.17, 15) is 4.79 Å². The van der Waals surface area contributed by atoms with Crippen molar-refractivity contribution >= 4 is 23.1 Å². The average molecular weight is 202 g/mol. The highest BCUT2D eigenvalue weighted by Gasteiger charge is 2.07. The number of ether oxygens (including phenoxy) is 1. The van der Waals surface area contributed by atoms with Gasteiger partial charge in [-0.15, -0.1) is 0 Å². The van der Waals surface area contributed by atoms with Gasteiger partial charge in [-0.1, -0.05) is 6.58 Å². The Balaban J connectivity index is 2.55. The van der Waals surface area contributed by atoms with Crippen LogP contribution in [0.2, 0.25) is 0 Å². The van der Waals surface area contributed by atoms with Crippen molar-refractivity contribution in [1.82, 2.24) is 9.97 Å². The number of benzene rings is 1. The molecule has 1 heterocycles. The molecule has 0 spiro atoms. The van der Waals surface area contributed by atoms with Gasteiger partial charge in [0.1, 0.15) is 5.82 Å². The molecule has 1 N–H and O–H groups in total. The van der Waals surface area contributed by atoms with Gasteiger partial charge in [-0.05, 0) is 24.3 Å². The summed E-state index contributed by atoms with van der Waals surface area (Å²) in [6.45, 7) is 3.61. The number of methoxy groups -OCH3 is 1. The van der Waals surface area contributed by atoms with Crippen molar-refractivity contribution in [3.05, 3.63) is 36.2 Å². The average Bonchev–Trinajstić information content (AvgIpc) is 2.69. The number of imidazole rings is 1. The third-order valence-electron chi connectivity index (χ3n) is 2.11. The van der Waals surface area contributed by atoms with Crippen molar-refractivity contribution in [2.45, 2.75) is 0 Å². The fraction of sp³-hybridized carbons (Fsp3) is 0.0909. The highest BCUT2D eigenvalue weighted by molar-refractivity contribution is 5.93. The molecule has 15 heavy (non-hydrogen) atoms. The van der Waals surface area contributed by atoms with E-state index in [0.29, 0.717) is 11.4 Å². The quantitative estimate of drug-likeness (QED) is 0.757. The number of nitrogens with one attached hydrogen (secondary N) is 1. The molecule has 0 fully saturated rings. The van der Waals surface area contributed by atoms with Crippen LogP contribution in [0.5, 0.6) is 0 Å². The van der Waals surface area contributed by atoms with Crippen molar-refractivity contribution in [1.29, 1.82) is 0 Å². The lowest BCUT2D eigenvalue weighted by molar-refractivity contribution is 0.0601. The molecule has 1 aromatic heterocycles. The number of hydrogen-bond donors (Lipinski definition) is 1. The van der Waals surface area contributed by atoms with Gasteiger partial charge < -0.3 is 9.72 Å². The summed E-state index contributed by atoms with van der Waals surface area (Å²) in [5.41, 5.74) is 2.11. The molecule has 0 bridgehead atoms. The molecule has 0 amide bonds. The lowest BCUT2D eigenvalue weighted by Crippen LogP contribution is -2.00. The Morgan fingerprint density at radius 1 is 1.60 bits per heavy atom. The summed E-state index contributed by atoms with van der Waals surface area (Å²) in [5.74, 6) is 0.332. The first-order valence-electron chi connectivity index (χ1n) is 4.45. The molecule has 2 aromatic rings. The van der Waals surface area contributed by atoms with Crippen molar-refractivity contribution in [3.63, 3.8) is 0 Å². The fourth-order valence-corrected chi connectivity index (χ4v) is 1.37. The SMILES string of the molecule is C=Cc1nc2ccc(C(=O)OC)cc2[nH]1. The predicted octanol–water partition coefficient (Wildman–Crippen LogP) is 1.99. The Hall–Kier alpha value is -2.10. The summed E-state index contributed by atoms with van der Waals surface area (Å²) in [7, 11) is 1.36. The van der Waals surface area contributed by atoms with Crippen molar-refractivity contribution < 1.29 is 9.53 Å². The summed E-state index contributed by atoms with van der Waals surface area (Å²) >= 11 is 0.